The van der Waals surface area contributed by atoms with Gasteiger partial charge in [-0.3, -0.25) is 4.79 Å². The zero-order valence-electron chi connectivity index (χ0n) is 12.9. The van der Waals surface area contributed by atoms with Gasteiger partial charge in [0, 0.05) is 12.6 Å². The fraction of sp³-hybridized carbons (Fsp3) is 0.278. The van der Waals surface area contributed by atoms with Crippen LogP contribution in [-0.4, -0.2) is 26.1 Å². The molecule has 0 bridgehead atoms. The Kier molecular flexibility index (Phi) is 4.57. The van der Waals surface area contributed by atoms with Crippen molar-refractivity contribution in [1.29, 1.82) is 0 Å². The molecule has 4 nitrogen and oxygen atoms in total. The Bertz CT molecular complexity index is 718. The normalized spacial score (nSPS) is 16.5. The molecule has 1 aliphatic rings. The molecular formula is C18H19FN2O2. The fourth-order valence-electron chi connectivity index (χ4n) is 2.95. The number of carbonyl (C=O) groups excluding carboxylic acids is 1. The second kappa shape index (κ2) is 6.79. The summed E-state index contributed by atoms with van der Waals surface area (Å²) in [6.45, 7) is 1.26. The quantitative estimate of drug-likeness (QED) is 0.911. The SMILES string of the molecule is COc1cccc(F)c1C(=O)NCC1NCCc2ccccc21. The molecule has 1 unspecified atom stereocenters. The van der Waals surface area contributed by atoms with Crippen LogP contribution in [0.4, 0.5) is 4.39 Å². The molecule has 23 heavy (non-hydrogen) atoms. The van der Waals surface area contributed by atoms with Crippen LogP contribution in [0.3, 0.4) is 0 Å². The molecule has 2 aromatic rings. The summed E-state index contributed by atoms with van der Waals surface area (Å²) in [7, 11) is 1.42. The third-order valence-electron chi connectivity index (χ3n) is 4.10. The van der Waals surface area contributed by atoms with E-state index >= 15 is 0 Å². The highest BCUT2D eigenvalue weighted by molar-refractivity contribution is 5.97. The molecule has 0 fully saturated rings. The molecule has 1 heterocycles. The fourth-order valence-corrected chi connectivity index (χ4v) is 2.95. The lowest BCUT2D eigenvalue weighted by Crippen LogP contribution is -2.39. The van der Waals surface area contributed by atoms with Crippen molar-refractivity contribution >= 4 is 5.91 Å². The van der Waals surface area contributed by atoms with E-state index in [9.17, 15) is 9.18 Å². The molecular weight excluding hydrogens is 295 g/mol. The van der Waals surface area contributed by atoms with E-state index in [1.165, 1.54) is 30.4 Å². The number of carbonyl (C=O) groups is 1. The Hall–Kier alpha value is -2.40. The largest absolute Gasteiger partial charge is 0.496 e. The van der Waals surface area contributed by atoms with Crippen molar-refractivity contribution in [2.45, 2.75) is 12.5 Å². The first-order valence-electron chi connectivity index (χ1n) is 7.62. The van der Waals surface area contributed by atoms with E-state index in [-0.39, 0.29) is 17.4 Å². The van der Waals surface area contributed by atoms with Gasteiger partial charge in [0.05, 0.1) is 7.11 Å². The highest BCUT2D eigenvalue weighted by atomic mass is 19.1. The van der Waals surface area contributed by atoms with E-state index < -0.39 is 11.7 Å². The lowest BCUT2D eigenvalue weighted by molar-refractivity contribution is 0.0941. The topological polar surface area (TPSA) is 50.4 Å². The third-order valence-corrected chi connectivity index (χ3v) is 4.10. The van der Waals surface area contributed by atoms with Crippen LogP contribution in [0.25, 0.3) is 0 Å². The zero-order chi connectivity index (χ0) is 16.2. The number of hydrogen-bond donors (Lipinski definition) is 2. The average Bonchev–Trinajstić information content (AvgIpc) is 2.59. The summed E-state index contributed by atoms with van der Waals surface area (Å²) in [5, 5.41) is 6.19. The minimum Gasteiger partial charge on any atom is -0.496 e. The number of rotatable bonds is 4. The van der Waals surface area contributed by atoms with Gasteiger partial charge >= 0.3 is 0 Å². The van der Waals surface area contributed by atoms with Crippen molar-refractivity contribution in [2.24, 2.45) is 0 Å². The van der Waals surface area contributed by atoms with Gasteiger partial charge < -0.3 is 15.4 Å². The second-order valence-electron chi connectivity index (χ2n) is 5.48. The first-order chi connectivity index (χ1) is 11.2. The number of nitrogens with one attached hydrogen (secondary N) is 2. The zero-order valence-corrected chi connectivity index (χ0v) is 12.9. The number of methoxy groups -OCH3 is 1. The molecule has 5 heteroatoms. The summed E-state index contributed by atoms with van der Waals surface area (Å²) in [6, 6.07) is 12.5. The number of benzene rings is 2. The maximum Gasteiger partial charge on any atom is 0.258 e. The Morgan fingerprint density at radius 1 is 1.30 bits per heavy atom. The molecule has 2 aromatic carbocycles. The summed E-state index contributed by atoms with van der Waals surface area (Å²) in [4.78, 5) is 12.3. The lowest BCUT2D eigenvalue weighted by atomic mass is 9.94. The predicted octanol–water partition coefficient (Wildman–Crippen LogP) is 2.45. The highest BCUT2D eigenvalue weighted by Gasteiger charge is 2.22. The van der Waals surface area contributed by atoms with E-state index in [1.54, 1.807) is 6.07 Å². The van der Waals surface area contributed by atoms with Crippen molar-refractivity contribution in [3.05, 3.63) is 65.0 Å². The van der Waals surface area contributed by atoms with Gasteiger partial charge in [-0.05, 0) is 36.2 Å². The molecule has 0 aromatic heterocycles. The first kappa shape index (κ1) is 15.5. The lowest BCUT2D eigenvalue weighted by Gasteiger charge is -2.27. The Morgan fingerprint density at radius 3 is 2.96 bits per heavy atom. The average molecular weight is 314 g/mol. The summed E-state index contributed by atoms with van der Waals surface area (Å²) < 4.78 is 19.0. The standard InChI is InChI=1S/C18H19FN2O2/c1-23-16-8-4-7-14(19)17(16)18(22)21-11-15-13-6-3-2-5-12(13)9-10-20-15/h2-8,15,20H,9-11H2,1H3,(H,21,22). The van der Waals surface area contributed by atoms with Gasteiger partial charge in [-0.25, -0.2) is 4.39 Å². The summed E-state index contributed by atoms with van der Waals surface area (Å²) in [6.07, 6.45) is 0.974. The van der Waals surface area contributed by atoms with E-state index in [4.69, 9.17) is 4.74 Å². The molecule has 0 spiro atoms. The van der Waals surface area contributed by atoms with E-state index in [0.29, 0.717) is 6.54 Å². The van der Waals surface area contributed by atoms with Crippen molar-refractivity contribution in [3.63, 3.8) is 0 Å². The van der Waals surface area contributed by atoms with Gasteiger partial charge in [-0.1, -0.05) is 30.3 Å². The van der Waals surface area contributed by atoms with Gasteiger partial charge in [0.2, 0.25) is 0 Å². The van der Waals surface area contributed by atoms with E-state index in [2.05, 4.69) is 22.8 Å². The maximum absolute atomic E-state index is 13.9. The highest BCUT2D eigenvalue weighted by Crippen LogP contribution is 2.23. The maximum atomic E-state index is 13.9. The number of ether oxygens (including phenoxy) is 1. The van der Waals surface area contributed by atoms with Crippen LogP contribution in [0.5, 0.6) is 5.75 Å². The molecule has 0 radical (unpaired) electrons. The van der Waals surface area contributed by atoms with E-state index in [1.807, 2.05) is 12.1 Å². The second-order valence-corrected chi connectivity index (χ2v) is 5.48. The van der Waals surface area contributed by atoms with Crippen molar-refractivity contribution in [1.82, 2.24) is 10.6 Å². The van der Waals surface area contributed by atoms with Gasteiger partial charge in [0.15, 0.2) is 0 Å². The van der Waals surface area contributed by atoms with Crippen LogP contribution in [-0.2, 0) is 6.42 Å². The smallest absolute Gasteiger partial charge is 0.258 e. The number of hydrogen-bond acceptors (Lipinski definition) is 3. The molecule has 0 saturated carbocycles. The van der Waals surface area contributed by atoms with Crippen molar-refractivity contribution in [3.8, 4) is 5.75 Å². The van der Waals surface area contributed by atoms with Gasteiger partial charge in [0.1, 0.15) is 17.1 Å². The minimum absolute atomic E-state index is 0.0293. The minimum atomic E-state index is -0.584. The Morgan fingerprint density at radius 2 is 2.13 bits per heavy atom. The number of halogens is 1. The molecule has 120 valence electrons. The van der Waals surface area contributed by atoms with Crippen LogP contribution in [0, 0.1) is 5.82 Å². The third kappa shape index (κ3) is 3.19. The number of fused-ring (bicyclic) bond motifs is 1. The Labute approximate surface area is 134 Å². The van der Waals surface area contributed by atoms with Crippen LogP contribution in [0.15, 0.2) is 42.5 Å². The summed E-state index contributed by atoms with van der Waals surface area (Å²) in [5.41, 5.74) is 2.41. The summed E-state index contributed by atoms with van der Waals surface area (Å²) >= 11 is 0. The molecule has 1 aliphatic heterocycles. The van der Waals surface area contributed by atoms with Crippen LogP contribution in [0.1, 0.15) is 27.5 Å². The predicted molar refractivity (Wildman–Crippen MR) is 86.2 cm³/mol. The van der Waals surface area contributed by atoms with Crippen molar-refractivity contribution < 1.29 is 13.9 Å². The first-order valence-corrected chi connectivity index (χ1v) is 7.62. The van der Waals surface area contributed by atoms with Crippen molar-refractivity contribution in [2.75, 3.05) is 20.2 Å². The van der Waals surface area contributed by atoms with Crippen LogP contribution in [0.2, 0.25) is 0 Å². The molecule has 1 atom stereocenters. The molecule has 3 rings (SSSR count). The molecule has 2 N–H and O–H groups in total. The monoisotopic (exact) mass is 314 g/mol. The molecule has 0 aliphatic carbocycles. The molecule has 0 saturated heterocycles. The van der Waals surface area contributed by atoms with Gasteiger partial charge in [-0.2, -0.15) is 0 Å². The summed E-state index contributed by atoms with van der Waals surface area (Å²) in [5.74, 6) is -0.817. The molecule has 1 amide bonds. The van der Waals surface area contributed by atoms with E-state index in [0.717, 1.165) is 13.0 Å². The number of amides is 1. The van der Waals surface area contributed by atoms with Gasteiger partial charge in [-0.15, -0.1) is 0 Å². The van der Waals surface area contributed by atoms with Crippen LogP contribution >= 0.6 is 0 Å². The van der Waals surface area contributed by atoms with Crippen LogP contribution < -0.4 is 15.4 Å². The Balaban J connectivity index is 1.74. The van der Waals surface area contributed by atoms with Gasteiger partial charge in [0.25, 0.3) is 5.91 Å².